The van der Waals surface area contributed by atoms with Crippen molar-refractivity contribution in [1.29, 1.82) is 0 Å². The first-order chi connectivity index (χ1) is 7.72. The van der Waals surface area contributed by atoms with Crippen molar-refractivity contribution in [1.82, 2.24) is 19.7 Å². The zero-order chi connectivity index (χ0) is 11.5. The second kappa shape index (κ2) is 4.88. The van der Waals surface area contributed by atoms with E-state index in [0.717, 1.165) is 23.1 Å². The Morgan fingerprint density at radius 2 is 2.31 bits per heavy atom. The molecule has 0 bridgehead atoms. The normalized spacial score (nSPS) is 13.2. The van der Waals surface area contributed by atoms with E-state index in [-0.39, 0.29) is 4.83 Å². The Hall–Kier alpha value is -1.01. The average Bonchev–Trinajstić information content (AvgIpc) is 2.62. The van der Waals surface area contributed by atoms with Crippen LogP contribution in [-0.4, -0.2) is 38.3 Å². The van der Waals surface area contributed by atoms with E-state index < -0.39 is 0 Å². The molecule has 5 nitrogen and oxygen atoms in total. The van der Waals surface area contributed by atoms with Gasteiger partial charge in [-0.1, -0.05) is 15.9 Å². The smallest absolute Gasteiger partial charge is 0.161 e. The molecule has 0 aliphatic heterocycles. The van der Waals surface area contributed by atoms with Gasteiger partial charge in [0.2, 0.25) is 0 Å². The van der Waals surface area contributed by atoms with Crippen LogP contribution in [0, 0.1) is 0 Å². The van der Waals surface area contributed by atoms with E-state index in [4.69, 9.17) is 4.74 Å². The lowest BCUT2D eigenvalue weighted by Gasteiger charge is -2.08. The summed E-state index contributed by atoms with van der Waals surface area (Å²) in [4.78, 5) is 8.75. The van der Waals surface area contributed by atoms with Gasteiger partial charge < -0.3 is 4.74 Å². The maximum atomic E-state index is 5.08. The Balaban J connectivity index is 2.30. The van der Waals surface area contributed by atoms with Gasteiger partial charge in [0.1, 0.15) is 6.33 Å². The summed E-state index contributed by atoms with van der Waals surface area (Å²) in [5.74, 6) is 0. The first-order valence-electron chi connectivity index (χ1n) is 4.97. The molecule has 1 atom stereocenters. The van der Waals surface area contributed by atoms with Crippen LogP contribution in [0.5, 0.6) is 0 Å². The second-order valence-corrected chi connectivity index (χ2v) is 4.88. The molecule has 0 radical (unpaired) electrons. The highest BCUT2D eigenvalue weighted by molar-refractivity contribution is 9.09. The van der Waals surface area contributed by atoms with Crippen molar-refractivity contribution in [3.8, 4) is 0 Å². The number of rotatable bonds is 4. The summed E-state index contributed by atoms with van der Waals surface area (Å²) in [7, 11) is 3.56. The number of nitrogens with zero attached hydrogens (tertiary/aromatic N) is 4. The van der Waals surface area contributed by atoms with Gasteiger partial charge in [-0.2, -0.15) is 5.10 Å². The van der Waals surface area contributed by atoms with E-state index in [0.29, 0.717) is 6.61 Å². The fourth-order valence-corrected chi connectivity index (χ4v) is 2.19. The SMILES string of the molecule is COCC(Br)Cc1ncnc2c1cnn2C. The number of alkyl halides is 1. The van der Waals surface area contributed by atoms with Crippen LogP contribution in [0.2, 0.25) is 0 Å². The molecule has 1 unspecified atom stereocenters. The van der Waals surface area contributed by atoms with Crippen molar-refractivity contribution >= 4 is 27.0 Å². The highest BCUT2D eigenvalue weighted by Crippen LogP contribution is 2.17. The standard InChI is InChI=1S/C10H13BrN4O/c1-15-10-8(4-14-15)9(12-6-13-10)3-7(11)5-16-2/h4,6-7H,3,5H2,1-2H3. The Labute approximate surface area is 102 Å². The summed E-state index contributed by atoms with van der Waals surface area (Å²) >= 11 is 3.55. The molecule has 86 valence electrons. The van der Waals surface area contributed by atoms with Gasteiger partial charge in [0.25, 0.3) is 0 Å². The van der Waals surface area contributed by atoms with E-state index >= 15 is 0 Å². The molecule has 0 saturated carbocycles. The predicted molar refractivity (Wildman–Crippen MR) is 64.6 cm³/mol. The molecule has 0 aliphatic carbocycles. The molecule has 0 fully saturated rings. The van der Waals surface area contributed by atoms with Gasteiger partial charge in [-0.25, -0.2) is 9.97 Å². The third-order valence-electron chi connectivity index (χ3n) is 2.37. The quantitative estimate of drug-likeness (QED) is 0.795. The van der Waals surface area contributed by atoms with Crippen molar-refractivity contribution in [3.05, 3.63) is 18.2 Å². The van der Waals surface area contributed by atoms with Crippen molar-refractivity contribution in [2.24, 2.45) is 7.05 Å². The molecule has 6 heteroatoms. The summed E-state index contributed by atoms with van der Waals surface area (Å²) in [5.41, 5.74) is 1.86. The van der Waals surface area contributed by atoms with E-state index in [2.05, 4.69) is 31.0 Å². The van der Waals surface area contributed by atoms with Crippen molar-refractivity contribution in [2.45, 2.75) is 11.2 Å². The third kappa shape index (κ3) is 2.22. The fourth-order valence-electron chi connectivity index (χ4n) is 1.62. The van der Waals surface area contributed by atoms with Crippen LogP contribution < -0.4 is 0 Å². The zero-order valence-electron chi connectivity index (χ0n) is 9.22. The van der Waals surface area contributed by atoms with Gasteiger partial charge in [0, 0.05) is 25.4 Å². The number of hydrogen-bond acceptors (Lipinski definition) is 4. The minimum atomic E-state index is 0.260. The summed E-state index contributed by atoms with van der Waals surface area (Å²) in [6.45, 7) is 0.658. The fraction of sp³-hybridized carbons (Fsp3) is 0.500. The highest BCUT2D eigenvalue weighted by Gasteiger charge is 2.12. The lowest BCUT2D eigenvalue weighted by molar-refractivity contribution is 0.200. The van der Waals surface area contributed by atoms with Gasteiger partial charge in [-0.05, 0) is 0 Å². The number of aryl methyl sites for hydroxylation is 1. The van der Waals surface area contributed by atoms with Crippen LogP contribution in [0.25, 0.3) is 11.0 Å². The third-order valence-corrected chi connectivity index (χ3v) is 2.96. The number of aromatic nitrogens is 4. The van der Waals surface area contributed by atoms with Crippen LogP contribution in [0.3, 0.4) is 0 Å². The van der Waals surface area contributed by atoms with Gasteiger partial charge in [0.05, 0.1) is 23.9 Å². The van der Waals surface area contributed by atoms with Crippen LogP contribution in [0.1, 0.15) is 5.69 Å². The van der Waals surface area contributed by atoms with Gasteiger partial charge in [-0.15, -0.1) is 0 Å². The van der Waals surface area contributed by atoms with Gasteiger partial charge in [0.15, 0.2) is 5.65 Å². The average molecular weight is 285 g/mol. The molecule has 2 heterocycles. The van der Waals surface area contributed by atoms with Crippen molar-refractivity contribution in [2.75, 3.05) is 13.7 Å². The minimum Gasteiger partial charge on any atom is -0.384 e. The second-order valence-electron chi connectivity index (χ2n) is 3.58. The summed E-state index contributed by atoms with van der Waals surface area (Å²) < 4.78 is 6.83. The lowest BCUT2D eigenvalue weighted by atomic mass is 10.2. The Morgan fingerprint density at radius 3 is 3.06 bits per heavy atom. The number of ether oxygens (including phenoxy) is 1. The van der Waals surface area contributed by atoms with E-state index in [1.165, 1.54) is 0 Å². The molecule has 0 saturated heterocycles. The molecular formula is C10H13BrN4O. The zero-order valence-corrected chi connectivity index (χ0v) is 10.8. The molecule has 2 aromatic rings. The molecule has 16 heavy (non-hydrogen) atoms. The van der Waals surface area contributed by atoms with Crippen LogP contribution in [0.4, 0.5) is 0 Å². The molecule has 0 aliphatic rings. The molecule has 0 spiro atoms. The van der Waals surface area contributed by atoms with E-state index in [9.17, 15) is 0 Å². The van der Waals surface area contributed by atoms with E-state index in [1.807, 2.05) is 7.05 Å². The van der Waals surface area contributed by atoms with Crippen molar-refractivity contribution < 1.29 is 4.74 Å². The molecule has 2 aromatic heterocycles. The minimum absolute atomic E-state index is 0.260. The Morgan fingerprint density at radius 1 is 1.50 bits per heavy atom. The lowest BCUT2D eigenvalue weighted by Crippen LogP contribution is -2.11. The number of hydrogen-bond donors (Lipinski definition) is 0. The molecule has 2 rings (SSSR count). The number of methoxy groups -OCH3 is 1. The van der Waals surface area contributed by atoms with Crippen LogP contribution in [-0.2, 0) is 18.2 Å². The monoisotopic (exact) mass is 284 g/mol. The summed E-state index contributed by atoms with van der Waals surface area (Å²) in [6, 6.07) is 0. The first kappa shape index (κ1) is 11.5. The maximum Gasteiger partial charge on any atom is 0.161 e. The van der Waals surface area contributed by atoms with Gasteiger partial charge in [-0.3, -0.25) is 4.68 Å². The van der Waals surface area contributed by atoms with Crippen LogP contribution >= 0.6 is 15.9 Å². The summed E-state index contributed by atoms with van der Waals surface area (Å²) in [5, 5.41) is 5.18. The Kier molecular flexibility index (Phi) is 3.50. The molecule has 0 aromatic carbocycles. The molecule has 0 N–H and O–H groups in total. The van der Waals surface area contributed by atoms with E-state index in [1.54, 1.807) is 24.3 Å². The molecule has 0 amide bonds. The number of fused-ring (bicyclic) bond motifs is 1. The predicted octanol–water partition coefficient (Wildman–Crippen LogP) is 1.32. The van der Waals surface area contributed by atoms with Crippen molar-refractivity contribution in [3.63, 3.8) is 0 Å². The number of halogens is 1. The van der Waals surface area contributed by atoms with Crippen LogP contribution in [0.15, 0.2) is 12.5 Å². The largest absolute Gasteiger partial charge is 0.384 e. The topological polar surface area (TPSA) is 52.8 Å². The maximum absolute atomic E-state index is 5.08. The summed E-state index contributed by atoms with van der Waals surface area (Å²) in [6.07, 6.45) is 4.18. The first-order valence-corrected chi connectivity index (χ1v) is 5.88. The van der Waals surface area contributed by atoms with Gasteiger partial charge >= 0.3 is 0 Å². The Bertz CT molecular complexity index is 485. The highest BCUT2D eigenvalue weighted by atomic mass is 79.9. The molecular weight excluding hydrogens is 272 g/mol.